The third kappa shape index (κ3) is 11.0. The molecule has 0 aromatic carbocycles. The summed E-state index contributed by atoms with van der Waals surface area (Å²) in [7, 11) is 2.30. The minimum Gasteiger partial charge on any atom is -0.358 e. The van der Waals surface area contributed by atoms with Crippen molar-refractivity contribution in [1.29, 1.82) is 0 Å². The quantitative estimate of drug-likeness (QED) is 0.225. The zero-order chi connectivity index (χ0) is 15.2. The van der Waals surface area contributed by atoms with Gasteiger partial charge in [-0.15, -0.1) is 8.58 Å². The van der Waals surface area contributed by atoms with Gasteiger partial charge in [-0.25, -0.2) is 0 Å². The fourth-order valence-electron chi connectivity index (χ4n) is 4.16. The van der Waals surface area contributed by atoms with Crippen molar-refractivity contribution < 1.29 is 21.7 Å². The summed E-state index contributed by atoms with van der Waals surface area (Å²) in [5, 5.41) is 0. The average molecular weight is 393 g/mol. The fourth-order valence-corrected chi connectivity index (χ4v) is 7.88. The molecule has 137 valence electrons. The molecule has 1 fully saturated rings. The van der Waals surface area contributed by atoms with Crippen molar-refractivity contribution in [1.82, 2.24) is 0 Å². The maximum Gasteiger partial charge on any atom is 3.00 e. The summed E-state index contributed by atoms with van der Waals surface area (Å²) in [6.45, 7) is 14.4. The maximum absolute atomic E-state index is 2.42. The van der Waals surface area contributed by atoms with E-state index in [1.165, 1.54) is 53.5 Å². The van der Waals surface area contributed by atoms with Gasteiger partial charge in [0.05, 0.1) is 0 Å². The molecule has 1 saturated carbocycles. The van der Waals surface area contributed by atoms with E-state index in [9.17, 15) is 0 Å². The van der Waals surface area contributed by atoms with Gasteiger partial charge in [0.15, 0.2) is 0 Å². The minimum absolute atomic E-state index is 0. The molecular formula is C20H43P2Ti. The molecule has 0 bridgehead atoms. The van der Waals surface area contributed by atoms with Gasteiger partial charge in [0.1, 0.15) is 0 Å². The summed E-state index contributed by atoms with van der Waals surface area (Å²) in [5.41, 5.74) is 5.37. The van der Waals surface area contributed by atoms with Gasteiger partial charge in [0.2, 0.25) is 0 Å². The van der Waals surface area contributed by atoms with Crippen LogP contribution in [0.4, 0.5) is 0 Å². The Morgan fingerprint density at radius 3 is 1.91 bits per heavy atom. The molecule has 0 aliphatic heterocycles. The standard InChI is InChI=1S/C18H37P2.2CH3.Ti/c1-7-9-18(10-8-2)12-16(19-14(3)4)11-17(13-18)20-15(5)6;;;/h14-16,19-20H,7-13H2,1-6H3;2*1H3;/q3*-1;+3. The molecule has 1 radical (unpaired) electrons. The van der Waals surface area contributed by atoms with Gasteiger partial charge in [0.25, 0.3) is 0 Å². The number of rotatable bonds is 8. The molecular weight excluding hydrogens is 350 g/mol. The van der Waals surface area contributed by atoms with Crippen LogP contribution >= 0.6 is 17.2 Å². The van der Waals surface area contributed by atoms with E-state index in [1.54, 1.807) is 0 Å². The van der Waals surface area contributed by atoms with Gasteiger partial charge in [-0.3, -0.25) is 14.2 Å². The van der Waals surface area contributed by atoms with Crippen LogP contribution in [0.3, 0.4) is 0 Å². The van der Waals surface area contributed by atoms with E-state index < -0.39 is 0 Å². The van der Waals surface area contributed by atoms with Crippen LogP contribution in [0, 0.1) is 25.9 Å². The largest absolute Gasteiger partial charge is 3.00 e. The third-order valence-corrected chi connectivity index (χ3v) is 7.30. The SMILES string of the molecule is CCCC1(CCC)C[C-](PC(C)C)CC(PC(C)C)C1.[CH3-].[CH3-].[Ti+3]. The van der Waals surface area contributed by atoms with Crippen LogP contribution in [-0.2, 0) is 21.7 Å². The van der Waals surface area contributed by atoms with Gasteiger partial charge >= 0.3 is 21.7 Å². The predicted molar refractivity (Wildman–Crippen MR) is 113 cm³/mol. The first-order valence-corrected chi connectivity index (χ1v) is 11.0. The third-order valence-electron chi connectivity index (χ3n) is 4.38. The van der Waals surface area contributed by atoms with Crippen molar-refractivity contribution in [2.45, 2.75) is 103 Å². The molecule has 23 heavy (non-hydrogen) atoms. The summed E-state index contributed by atoms with van der Waals surface area (Å²) in [4.78, 5) is 0. The van der Waals surface area contributed by atoms with Crippen molar-refractivity contribution in [3.8, 4) is 0 Å². The molecule has 1 aliphatic rings. The monoisotopic (exact) mass is 393 g/mol. The molecule has 0 amide bonds. The zero-order valence-corrected chi connectivity index (χ0v) is 20.7. The second-order valence-corrected chi connectivity index (χ2v) is 12.0. The van der Waals surface area contributed by atoms with Crippen LogP contribution < -0.4 is 0 Å². The van der Waals surface area contributed by atoms with Crippen LogP contribution in [-0.4, -0.2) is 17.0 Å². The molecule has 3 heteroatoms. The van der Waals surface area contributed by atoms with Crippen LogP contribution in [0.25, 0.3) is 0 Å². The fraction of sp³-hybridized carbons (Fsp3) is 0.850. The van der Waals surface area contributed by atoms with Crippen LogP contribution in [0.2, 0.25) is 0 Å². The Morgan fingerprint density at radius 1 is 1.00 bits per heavy atom. The Kier molecular flexibility index (Phi) is 18.8. The van der Waals surface area contributed by atoms with Crippen molar-refractivity contribution in [3.05, 3.63) is 20.5 Å². The summed E-state index contributed by atoms with van der Waals surface area (Å²) in [6, 6.07) is 0. The first-order chi connectivity index (χ1) is 9.40. The van der Waals surface area contributed by atoms with Crippen molar-refractivity contribution in [2.24, 2.45) is 5.41 Å². The second-order valence-electron chi connectivity index (χ2n) is 7.51. The summed E-state index contributed by atoms with van der Waals surface area (Å²) >= 11 is 0. The van der Waals surface area contributed by atoms with E-state index >= 15 is 0 Å². The van der Waals surface area contributed by atoms with Gasteiger partial charge in [-0.1, -0.05) is 78.3 Å². The van der Waals surface area contributed by atoms with Crippen molar-refractivity contribution >= 4 is 17.2 Å². The molecule has 1 aliphatic carbocycles. The van der Waals surface area contributed by atoms with E-state index in [0.29, 0.717) is 5.41 Å². The summed E-state index contributed by atoms with van der Waals surface area (Å²) in [6.07, 6.45) is 10.1. The molecule has 0 aromatic heterocycles. The molecule has 0 heterocycles. The van der Waals surface area contributed by atoms with Crippen molar-refractivity contribution in [2.75, 3.05) is 0 Å². The Morgan fingerprint density at radius 2 is 1.52 bits per heavy atom. The van der Waals surface area contributed by atoms with Gasteiger partial charge < -0.3 is 14.9 Å². The summed E-state index contributed by atoms with van der Waals surface area (Å²) < 4.78 is 0. The van der Waals surface area contributed by atoms with Gasteiger partial charge in [0, 0.05) is 0 Å². The molecule has 1 rings (SSSR count). The van der Waals surface area contributed by atoms with E-state index in [1.807, 2.05) is 5.66 Å². The Labute approximate surface area is 168 Å². The van der Waals surface area contributed by atoms with Crippen molar-refractivity contribution in [3.63, 3.8) is 0 Å². The van der Waals surface area contributed by atoms with E-state index in [2.05, 4.69) is 41.5 Å². The first-order valence-electron chi connectivity index (χ1n) is 8.78. The van der Waals surface area contributed by atoms with Gasteiger partial charge in [-0.05, 0) is 17.7 Å². The maximum atomic E-state index is 2.42. The average Bonchev–Trinajstić information content (AvgIpc) is 2.26. The molecule has 0 saturated heterocycles. The molecule has 0 nitrogen and oxygen atoms in total. The molecule has 0 spiro atoms. The van der Waals surface area contributed by atoms with E-state index in [0.717, 1.165) is 25.6 Å². The zero-order valence-electron chi connectivity index (χ0n) is 17.2. The number of hydrogen-bond donors (Lipinski definition) is 0. The Bertz CT molecular complexity index is 240. The van der Waals surface area contributed by atoms with E-state index in [4.69, 9.17) is 0 Å². The molecule has 3 atom stereocenters. The second kappa shape index (κ2) is 14.7. The topological polar surface area (TPSA) is 0 Å². The predicted octanol–water partition coefficient (Wildman–Crippen LogP) is 7.73. The smallest absolute Gasteiger partial charge is 0.358 e. The van der Waals surface area contributed by atoms with Gasteiger partial charge in [-0.2, -0.15) is 12.8 Å². The number of hydrogen-bond acceptors (Lipinski definition) is 0. The Hall–Kier alpha value is 1.57. The first kappa shape index (κ1) is 29.3. The van der Waals surface area contributed by atoms with Crippen LogP contribution in [0.5, 0.6) is 0 Å². The van der Waals surface area contributed by atoms with E-state index in [-0.39, 0.29) is 36.6 Å². The molecule has 0 aromatic rings. The molecule has 0 N–H and O–H groups in total. The normalized spacial score (nSPS) is 21.7. The molecule has 3 unspecified atom stereocenters. The minimum atomic E-state index is 0. The Balaban J connectivity index is -0.00000133. The van der Waals surface area contributed by atoms with Crippen LogP contribution in [0.15, 0.2) is 0 Å². The summed E-state index contributed by atoms with van der Waals surface area (Å²) in [5.74, 6) is 0. The van der Waals surface area contributed by atoms with Crippen LogP contribution in [0.1, 0.15) is 86.5 Å².